The molecular formula is C23H20ClN3O2S. The Kier molecular flexibility index (Phi) is 5.45. The Balaban J connectivity index is 1.83. The SMILES string of the molecule is Cc1cccc(C(=O)Nc2cc3c(cc2Sc2ccccc2Cl)n(C)c(=O)n3C)c1. The molecule has 1 amide bonds. The minimum atomic E-state index is -0.208. The van der Waals surface area contributed by atoms with Gasteiger partial charge in [0.05, 0.1) is 21.7 Å². The molecule has 0 aliphatic rings. The third-order valence-electron chi connectivity index (χ3n) is 4.96. The number of aryl methyl sites for hydroxylation is 3. The molecule has 0 unspecified atom stereocenters. The van der Waals surface area contributed by atoms with E-state index in [-0.39, 0.29) is 11.6 Å². The number of carbonyl (C=O) groups excluding carboxylic acids is 1. The summed E-state index contributed by atoms with van der Waals surface area (Å²) >= 11 is 7.81. The summed E-state index contributed by atoms with van der Waals surface area (Å²) in [6, 6.07) is 18.7. The first-order valence-electron chi connectivity index (χ1n) is 9.35. The van der Waals surface area contributed by atoms with Crippen molar-refractivity contribution in [2.75, 3.05) is 5.32 Å². The van der Waals surface area contributed by atoms with E-state index in [0.29, 0.717) is 16.3 Å². The second-order valence-electron chi connectivity index (χ2n) is 7.09. The fraction of sp³-hybridized carbons (Fsp3) is 0.130. The van der Waals surface area contributed by atoms with Gasteiger partial charge in [0.1, 0.15) is 0 Å². The number of nitrogens with one attached hydrogen (secondary N) is 1. The summed E-state index contributed by atoms with van der Waals surface area (Å²) in [6.45, 7) is 1.95. The van der Waals surface area contributed by atoms with Crippen LogP contribution in [0.25, 0.3) is 11.0 Å². The van der Waals surface area contributed by atoms with Crippen LogP contribution in [-0.2, 0) is 14.1 Å². The van der Waals surface area contributed by atoms with Crippen LogP contribution in [0.5, 0.6) is 0 Å². The van der Waals surface area contributed by atoms with Crippen molar-refractivity contribution in [3.63, 3.8) is 0 Å². The van der Waals surface area contributed by atoms with Gasteiger partial charge in [-0.15, -0.1) is 0 Å². The summed E-state index contributed by atoms with van der Waals surface area (Å²) < 4.78 is 3.17. The van der Waals surface area contributed by atoms with Crippen molar-refractivity contribution in [2.45, 2.75) is 16.7 Å². The maximum Gasteiger partial charge on any atom is 0.328 e. The molecule has 0 saturated heterocycles. The first-order valence-corrected chi connectivity index (χ1v) is 10.5. The van der Waals surface area contributed by atoms with Crippen LogP contribution in [-0.4, -0.2) is 15.0 Å². The monoisotopic (exact) mass is 437 g/mol. The highest BCUT2D eigenvalue weighted by Gasteiger charge is 2.17. The third kappa shape index (κ3) is 3.76. The van der Waals surface area contributed by atoms with E-state index in [0.717, 1.165) is 26.4 Å². The zero-order valence-electron chi connectivity index (χ0n) is 16.8. The molecule has 5 nitrogen and oxygen atoms in total. The number of nitrogens with zero attached hydrogens (tertiary/aromatic N) is 2. The van der Waals surface area contributed by atoms with Crippen LogP contribution >= 0.6 is 23.4 Å². The van der Waals surface area contributed by atoms with Gasteiger partial charge in [0.25, 0.3) is 5.91 Å². The topological polar surface area (TPSA) is 56.0 Å². The minimum absolute atomic E-state index is 0.124. The van der Waals surface area contributed by atoms with Crippen molar-refractivity contribution in [1.82, 2.24) is 9.13 Å². The average Bonchev–Trinajstić information content (AvgIpc) is 2.93. The number of halogens is 1. The van der Waals surface area contributed by atoms with E-state index >= 15 is 0 Å². The molecule has 0 aliphatic heterocycles. The molecule has 1 heterocycles. The van der Waals surface area contributed by atoms with Gasteiger partial charge in [-0.2, -0.15) is 0 Å². The molecule has 0 atom stereocenters. The van der Waals surface area contributed by atoms with E-state index in [1.165, 1.54) is 11.8 Å². The number of hydrogen-bond acceptors (Lipinski definition) is 3. The lowest BCUT2D eigenvalue weighted by atomic mass is 10.1. The van der Waals surface area contributed by atoms with E-state index in [2.05, 4.69) is 5.32 Å². The summed E-state index contributed by atoms with van der Waals surface area (Å²) in [7, 11) is 3.46. The zero-order chi connectivity index (χ0) is 21.4. The van der Waals surface area contributed by atoms with Crippen molar-refractivity contribution in [3.8, 4) is 0 Å². The second-order valence-corrected chi connectivity index (χ2v) is 8.58. The Hall–Kier alpha value is -2.96. The van der Waals surface area contributed by atoms with Crippen LogP contribution in [0.4, 0.5) is 5.69 Å². The van der Waals surface area contributed by atoms with Gasteiger partial charge in [0, 0.05) is 29.4 Å². The lowest BCUT2D eigenvalue weighted by Gasteiger charge is -2.13. The van der Waals surface area contributed by atoms with Crippen LogP contribution in [0.3, 0.4) is 0 Å². The van der Waals surface area contributed by atoms with Gasteiger partial charge in [0.15, 0.2) is 0 Å². The normalized spacial score (nSPS) is 11.1. The van der Waals surface area contributed by atoms with Crippen molar-refractivity contribution in [2.24, 2.45) is 14.1 Å². The van der Waals surface area contributed by atoms with Crippen LogP contribution in [0, 0.1) is 6.92 Å². The number of fused-ring (bicyclic) bond motifs is 1. The van der Waals surface area contributed by atoms with E-state index in [9.17, 15) is 9.59 Å². The number of hydrogen-bond donors (Lipinski definition) is 1. The summed E-state index contributed by atoms with van der Waals surface area (Å²) in [5, 5.41) is 3.64. The van der Waals surface area contributed by atoms with E-state index in [1.54, 1.807) is 29.3 Å². The molecule has 0 bridgehead atoms. The fourth-order valence-corrected chi connectivity index (χ4v) is 4.53. The maximum atomic E-state index is 12.9. The summed E-state index contributed by atoms with van der Waals surface area (Å²) in [5.74, 6) is -0.208. The molecule has 0 fully saturated rings. The molecular weight excluding hydrogens is 418 g/mol. The first-order chi connectivity index (χ1) is 14.3. The number of aromatic nitrogens is 2. The molecule has 0 aliphatic carbocycles. The highest BCUT2D eigenvalue weighted by molar-refractivity contribution is 7.99. The predicted molar refractivity (Wildman–Crippen MR) is 123 cm³/mol. The number of imidazole rings is 1. The Labute approximate surface area is 183 Å². The van der Waals surface area contributed by atoms with E-state index in [1.807, 2.05) is 61.5 Å². The first kappa shape index (κ1) is 20.3. The second kappa shape index (κ2) is 8.05. The van der Waals surface area contributed by atoms with Crippen molar-refractivity contribution in [1.29, 1.82) is 0 Å². The standard InChI is InChI=1S/C23H20ClN3O2S/c1-14-7-6-8-15(11-14)22(28)25-17-12-18-19(27(3)23(29)26(18)2)13-21(17)30-20-10-5-4-9-16(20)24/h4-13H,1-3H3,(H,25,28). The van der Waals surface area contributed by atoms with Gasteiger partial charge in [-0.3, -0.25) is 13.9 Å². The van der Waals surface area contributed by atoms with Gasteiger partial charge in [0.2, 0.25) is 0 Å². The third-order valence-corrected chi connectivity index (χ3v) is 6.53. The quantitative estimate of drug-likeness (QED) is 0.475. The zero-order valence-corrected chi connectivity index (χ0v) is 18.3. The molecule has 7 heteroatoms. The molecule has 3 aromatic carbocycles. The molecule has 0 radical (unpaired) electrons. The van der Waals surface area contributed by atoms with Crippen LogP contribution < -0.4 is 11.0 Å². The molecule has 0 spiro atoms. The molecule has 30 heavy (non-hydrogen) atoms. The van der Waals surface area contributed by atoms with Crippen molar-refractivity contribution >= 4 is 46.0 Å². The largest absolute Gasteiger partial charge is 0.328 e. The van der Waals surface area contributed by atoms with Crippen LogP contribution in [0.1, 0.15) is 15.9 Å². The summed E-state index contributed by atoms with van der Waals surface area (Å²) in [5.41, 5.74) is 3.61. The average molecular weight is 438 g/mol. The van der Waals surface area contributed by atoms with Crippen molar-refractivity contribution in [3.05, 3.63) is 87.3 Å². The predicted octanol–water partition coefficient (Wildman–Crippen LogP) is 5.24. The van der Waals surface area contributed by atoms with E-state index < -0.39 is 0 Å². The lowest BCUT2D eigenvalue weighted by molar-refractivity contribution is 0.102. The molecule has 4 aromatic rings. The number of anilines is 1. The number of rotatable bonds is 4. The Morgan fingerprint density at radius 2 is 1.63 bits per heavy atom. The Morgan fingerprint density at radius 1 is 0.933 bits per heavy atom. The molecule has 1 aromatic heterocycles. The van der Waals surface area contributed by atoms with Gasteiger partial charge in [-0.05, 0) is 43.3 Å². The Bertz CT molecular complexity index is 1340. The number of amides is 1. The minimum Gasteiger partial charge on any atom is -0.321 e. The Morgan fingerprint density at radius 3 is 2.33 bits per heavy atom. The van der Waals surface area contributed by atoms with Gasteiger partial charge in [-0.1, -0.05) is 53.2 Å². The number of carbonyl (C=O) groups is 1. The molecule has 152 valence electrons. The highest BCUT2D eigenvalue weighted by Crippen LogP contribution is 2.39. The molecule has 4 rings (SSSR count). The highest BCUT2D eigenvalue weighted by atomic mass is 35.5. The number of benzene rings is 3. The van der Waals surface area contributed by atoms with Gasteiger partial charge >= 0.3 is 5.69 Å². The van der Waals surface area contributed by atoms with Crippen LogP contribution in [0.15, 0.2) is 75.2 Å². The van der Waals surface area contributed by atoms with Crippen molar-refractivity contribution < 1.29 is 4.79 Å². The van der Waals surface area contributed by atoms with Crippen LogP contribution in [0.2, 0.25) is 5.02 Å². The summed E-state index contributed by atoms with van der Waals surface area (Å²) in [6.07, 6.45) is 0. The fourth-order valence-electron chi connectivity index (χ4n) is 3.33. The summed E-state index contributed by atoms with van der Waals surface area (Å²) in [4.78, 5) is 27.0. The molecule has 0 saturated carbocycles. The van der Waals surface area contributed by atoms with Gasteiger partial charge < -0.3 is 5.32 Å². The molecule has 1 N–H and O–H groups in total. The maximum absolute atomic E-state index is 12.9. The lowest BCUT2D eigenvalue weighted by Crippen LogP contribution is -2.19. The van der Waals surface area contributed by atoms with Gasteiger partial charge in [-0.25, -0.2) is 4.79 Å². The smallest absolute Gasteiger partial charge is 0.321 e. The van der Waals surface area contributed by atoms with E-state index in [4.69, 9.17) is 11.6 Å².